The average molecular weight is 310 g/mol. The molecular weight excluding hydrogens is 292 g/mol. The minimum absolute atomic E-state index is 0.277. The molecular formula is C14H18N2O2S2. The summed E-state index contributed by atoms with van der Waals surface area (Å²) >= 11 is 1.83. The van der Waals surface area contributed by atoms with Crippen LogP contribution in [0.15, 0.2) is 29.2 Å². The van der Waals surface area contributed by atoms with Gasteiger partial charge in [0.2, 0.25) is 10.0 Å². The molecule has 4 nitrogen and oxygen atoms in total. The van der Waals surface area contributed by atoms with Gasteiger partial charge in [-0.25, -0.2) is 13.1 Å². The molecule has 0 bridgehead atoms. The molecule has 2 rings (SSSR count). The van der Waals surface area contributed by atoms with Crippen molar-refractivity contribution in [1.82, 2.24) is 4.72 Å². The summed E-state index contributed by atoms with van der Waals surface area (Å²) in [6, 6.07) is 6.54. The van der Waals surface area contributed by atoms with Crippen LogP contribution in [0.2, 0.25) is 0 Å². The molecule has 20 heavy (non-hydrogen) atoms. The van der Waals surface area contributed by atoms with E-state index in [0.29, 0.717) is 18.3 Å². The molecule has 0 amide bonds. The zero-order valence-corrected chi connectivity index (χ0v) is 12.8. The van der Waals surface area contributed by atoms with Crippen LogP contribution in [-0.2, 0) is 10.0 Å². The zero-order chi connectivity index (χ0) is 14.4. The van der Waals surface area contributed by atoms with Gasteiger partial charge in [0.1, 0.15) is 0 Å². The molecule has 1 heterocycles. The number of hydrogen-bond acceptors (Lipinski definition) is 4. The van der Waals surface area contributed by atoms with E-state index in [2.05, 4.69) is 16.6 Å². The summed E-state index contributed by atoms with van der Waals surface area (Å²) in [6.45, 7) is 0.794. The Labute approximate surface area is 124 Å². The van der Waals surface area contributed by atoms with E-state index in [1.165, 1.54) is 6.42 Å². The van der Waals surface area contributed by atoms with Gasteiger partial charge in [0.05, 0.1) is 11.4 Å². The van der Waals surface area contributed by atoms with Gasteiger partial charge in [-0.1, -0.05) is 11.8 Å². The van der Waals surface area contributed by atoms with Gasteiger partial charge in [-0.15, -0.1) is 0 Å². The van der Waals surface area contributed by atoms with Crippen molar-refractivity contribution in [2.24, 2.45) is 5.73 Å². The summed E-state index contributed by atoms with van der Waals surface area (Å²) in [6.07, 6.45) is 2.26. The van der Waals surface area contributed by atoms with Gasteiger partial charge >= 0.3 is 0 Å². The van der Waals surface area contributed by atoms with Crippen LogP contribution >= 0.6 is 11.8 Å². The molecule has 3 N–H and O–H groups in total. The summed E-state index contributed by atoms with van der Waals surface area (Å²) in [4.78, 5) is 0.277. The quantitative estimate of drug-likeness (QED) is 0.819. The van der Waals surface area contributed by atoms with Crippen LogP contribution < -0.4 is 10.5 Å². The highest BCUT2D eigenvalue weighted by atomic mass is 32.2. The van der Waals surface area contributed by atoms with Crippen LogP contribution in [0.5, 0.6) is 0 Å². The maximum Gasteiger partial charge on any atom is 0.240 e. The zero-order valence-electron chi connectivity index (χ0n) is 11.1. The van der Waals surface area contributed by atoms with Crippen molar-refractivity contribution in [3.63, 3.8) is 0 Å². The number of benzene rings is 1. The van der Waals surface area contributed by atoms with Gasteiger partial charge in [0.15, 0.2) is 0 Å². The van der Waals surface area contributed by atoms with Gasteiger partial charge in [-0.3, -0.25) is 0 Å². The Hall–Kier alpha value is -1.00. The van der Waals surface area contributed by atoms with Crippen LogP contribution in [0.25, 0.3) is 0 Å². The smallest absolute Gasteiger partial charge is 0.240 e. The second-order valence-electron chi connectivity index (χ2n) is 4.52. The lowest BCUT2D eigenvalue weighted by molar-refractivity contribution is 0.579. The summed E-state index contributed by atoms with van der Waals surface area (Å²) in [5.74, 6) is 6.73. The lowest BCUT2D eigenvalue weighted by atomic mass is 10.2. The third-order valence-electron chi connectivity index (χ3n) is 3.02. The Kier molecular flexibility index (Phi) is 5.49. The number of thioether (sulfide) groups is 1. The standard InChI is InChI=1S/C14H18N2O2S2/c15-9-1-3-12-5-7-14(8-6-12)20(17,18)16-11-13-4-2-10-19-13/h5-8,13,16H,2,4,9-11,15H2. The number of hydrogen-bond donors (Lipinski definition) is 2. The largest absolute Gasteiger partial charge is 0.320 e. The first-order chi connectivity index (χ1) is 9.62. The fraction of sp³-hybridized carbons (Fsp3) is 0.429. The van der Waals surface area contributed by atoms with E-state index < -0.39 is 10.0 Å². The van der Waals surface area contributed by atoms with E-state index in [-0.39, 0.29) is 4.90 Å². The molecule has 1 fully saturated rings. The maximum atomic E-state index is 12.1. The summed E-state index contributed by atoms with van der Waals surface area (Å²) < 4.78 is 27.0. The molecule has 0 saturated carbocycles. The SMILES string of the molecule is NCC#Cc1ccc(S(=O)(=O)NCC2CCCS2)cc1. The third kappa shape index (κ3) is 4.25. The highest BCUT2D eigenvalue weighted by Gasteiger charge is 2.19. The van der Waals surface area contributed by atoms with Gasteiger partial charge in [-0.05, 0) is 42.9 Å². The van der Waals surface area contributed by atoms with Crippen molar-refractivity contribution < 1.29 is 8.42 Å². The van der Waals surface area contributed by atoms with Crippen LogP contribution in [0.3, 0.4) is 0 Å². The Bertz CT molecular complexity index is 594. The predicted octanol–water partition coefficient (Wildman–Crippen LogP) is 1.17. The normalized spacial score (nSPS) is 18.6. The van der Waals surface area contributed by atoms with Crippen LogP contribution in [0, 0.1) is 11.8 Å². The molecule has 1 aliphatic rings. The molecule has 6 heteroatoms. The van der Waals surface area contributed by atoms with Gasteiger partial charge in [-0.2, -0.15) is 11.8 Å². The first-order valence-corrected chi connectivity index (χ1v) is 9.05. The molecule has 0 aliphatic carbocycles. The van der Waals surface area contributed by atoms with E-state index in [1.54, 1.807) is 24.3 Å². The van der Waals surface area contributed by atoms with Gasteiger partial charge < -0.3 is 5.73 Å². The maximum absolute atomic E-state index is 12.1. The minimum atomic E-state index is -3.42. The topological polar surface area (TPSA) is 72.2 Å². The van der Waals surface area contributed by atoms with Crippen molar-refractivity contribution in [3.8, 4) is 11.8 Å². The fourth-order valence-electron chi connectivity index (χ4n) is 1.96. The highest BCUT2D eigenvalue weighted by Crippen LogP contribution is 2.25. The molecule has 1 aromatic rings. The van der Waals surface area contributed by atoms with Crippen molar-refractivity contribution in [2.75, 3.05) is 18.8 Å². The van der Waals surface area contributed by atoms with Crippen molar-refractivity contribution in [3.05, 3.63) is 29.8 Å². The number of nitrogens with two attached hydrogens (primary N) is 1. The van der Waals surface area contributed by atoms with E-state index in [4.69, 9.17) is 5.73 Å². The molecule has 0 radical (unpaired) electrons. The van der Waals surface area contributed by atoms with Crippen LogP contribution in [0.1, 0.15) is 18.4 Å². The first kappa shape index (κ1) is 15.4. The fourth-order valence-corrected chi connectivity index (χ4v) is 4.35. The minimum Gasteiger partial charge on any atom is -0.320 e. The van der Waals surface area contributed by atoms with E-state index in [0.717, 1.165) is 17.7 Å². The van der Waals surface area contributed by atoms with Crippen LogP contribution in [0.4, 0.5) is 0 Å². The second-order valence-corrected chi connectivity index (χ2v) is 7.69. The molecule has 0 aromatic heterocycles. The monoisotopic (exact) mass is 310 g/mol. The van der Waals surface area contributed by atoms with Crippen LogP contribution in [-0.4, -0.2) is 32.5 Å². The summed E-state index contributed by atoms with van der Waals surface area (Å²) in [5.41, 5.74) is 6.06. The van der Waals surface area contributed by atoms with Crippen molar-refractivity contribution >= 4 is 21.8 Å². The van der Waals surface area contributed by atoms with Crippen molar-refractivity contribution in [1.29, 1.82) is 0 Å². The molecule has 1 saturated heterocycles. The Balaban J connectivity index is 2.01. The highest BCUT2D eigenvalue weighted by molar-refractivity contribution is 8.00. The lowest BCUT2D eigenvalue weighted by Crippen LogP contribution is -2.29. The van der Waals surface area contributed by atoms with E-state index >= 15 is 0 Å². The Morgan fingerprint density at radius 1 is 1.35 bits per heavy atom. The third-order valence-corrected chi connectivity index (χ3v) is 5.86. The molecule has 1 atom stereocenters. The predicted molar refractivity (Wildman–Crippen MR) is 83.0 cm³/mol. The number of rotatable bonds is 4. The molecule has 0 spiro atoms. The molecule has 108 valence electrons. The van der Waals surface area contributed by atoms with Gasteiger partial charge in [0, 0.05) is 17.4 Å². The summed E-state index contributed by atoms with van der Waals surface area (Å²) in [7, 11) is -3.42. The molecule has 1 aliphatic heterocycles. The second kappa shape index (κ2) is 7.14. The Morgan fingerprint density at radius 2 is 2.10 bits per heavy atom. The van der Waals surface area contributed by atoms with Gasteiger partial charge in [0.25, 0.3) is 0 Å². The Morgan fingerprint density at radius 3 is 2.70 bits per heavy atom. The summed E-state index contributed by atoms with van der Waals surface area (Å²) in [5, 5.41) is 0.402. The van der Waals surface area contributed by atoms with Crippen molar-refractivity contribution in [2.45, 2.75) is 23.0 Å². The lowest BCUT2D eigenvalue weighted by Gasteiger charge is -2.10. The number of nitrogens with one attached hydrogen (secondary N) is 1. The number of sulfonamides is 1. The van der Waals surface area contributed by atoms with E-state index in [1.807, 2.05) is 11.8 Å². The molecule has 1 unspecified atom stereocenters. The average Bonchev–Trinajstić information content (AvgIpc) is 2.97. The first-order valence-electron chi connectivity index (χ1n) is 6.52. The molecule has 1 aromatic carbocycles. The van der Waals surface area contributed by atoms with E-state index in [9.17, 15) is 8.42 Å².